The lowest BCUT2D eigenvalue weighted by Crippen LogP contribution is -2.36. The normalized spacial score (nSPS) is 19.4. The van der Waals surface area contributed by atoms with Crippen molar-refractivity contribution >= 4 is 6.03 Å². The lowest BCUT2D eigenvalue weighted by molar-refractivity contribution is 0.158. The molecule has 2 aromatic carbocycles. The van der Waals surface area contributed by atoms with Gasteiger partial charge in [0.1, 0.15) is 11.9 Å². The molecule has 1 fully saturated rings. The molecule has 0 spiro atoms. The van der Waals surface area contributed by atoms with Crippen LogP contribution in [0.3, 0.4) is 0 Å². The second-order valence-electron chi connectivity index (χ2n) is 9.06. The number of nitrogens with zero attached hydrogens (tertiary/aromatic N) is 2. The zero-order chi connectivity index (χ0) is 22.0. The molecule has 2 atom stereocenters. The van der Waals surface area contributed by atoms with Crippen molar-refractivity contribution in [2.45, 2.75) is 45.1 Å². The molecule has 5 nitrogen and oxygen atoms in total. The summed E-state index contributed by atoms with van der Waals surface area (Å²) in [5.41, 5.74) is 3.99. The molecule has 2 aliphatic rings. The van der Waals surface area contributed by atoms with Crippen molar-refractivity contribution in [1.29, 1.82) is 0 Å². The number of rotatable bonds is 7. The topological polar surface area (TPSA) is 44.8 Å². The van der Waals surface area contributed by atoms with Crippen LogP contribution in [0.1, 0.15) is 54.2 Å². The van der Waals surface area contributed by atoms with Gasteiger partial charge in [0.25, 0.3) is 0 Å². The van der Waals surface area contributed by atoms with E-state index in [0.29, 0.717) is 19.0 Å². The van der Waals surface area contributed by atoms with Crippen LogP contribution in [0.4, 0.5) is 9.18 Å². The highest BCUT2D eigenvalue weighted by Gasteiger charge is 2.26. The van der Waals surface area contributed by atoms with E-state index >= 15 is 0 Å². The van der Waals surface area contributed by atoms with E-state index in [2.05, 4.69) is 22.3 Å². The number of carbonyl (C=O) groups excluding carboxylic acids is 1. The van der Waals surface area contributed by atoms with Crippen LogP contribution in [-0.2, 0) is 13.1 Å². The van der Waals surface area contributed by atoms with E-state index in [4.69, 9.17) is 4.74 Å². The lowest BCUT2D eigenvalue weighted by Gasteiger charge is -2.31. The van der Waals surface area contributed by atoms with Gasteiger partial charge in [-0.05, 0) is 60.1 Å². The Kier molecular flexibility index (Phi) is 6.46. The van der Waals surface area contributed by atoms with Gasteiger partial charge in [0.2, 0.25) is 0 Å². The first-order valence-corrected chi connectivity index (χ1v) is 11.1. The summed E-state index contributed by atoms with van der Waals surface area (Å²) in [7, 11) is 3.45. The summed E-state index contributed by atoms with van der Waals surface area (Å²) in [5, 5.41) is 2.95. The van der Waals surface area contributed by atoms with Crippen molar-refractivity contribution in [3.63, 3.8) is 0 Å². The lowest BCUT2D eigenvalue weighted by atomic mass is 9.97. The van der Waals surface area contributed by atoms with Crippen LogP contribution in [-0.4, -0.2) is 43.1 Å². The average molecular weight is 426 g/mol. The van der Waals surface area contributed by atoms with Crippen molar-refractivity contribution in [3.8, 4) is 5.75 Å². The fourth-order valence-electron chi connectivity index (χ4n) is 3.92. The Morgan fingerprint density at radius 3 is 2.65 bits per heavy atom. The zero-order valence-electron chi connectivity index (χ0n) is 18.6. The van der Waals surface area contributed by atoms with Gasteiger partial charge >= 0.3 is 6.03 Å². The summed E-state index contributed by atoms with van der Waals surface area (Å²) in [4.78, 5) is 15.5. The summed E-state index contributed by atoms with van der Waals surface area (Å²) in [6.45, 7) is 4.52. The molecule has 1 aliphatic heterocycles. The van der Waals surface area contributed by atoms with Crippen molar-refractivity contribution in [3.05, 3.63) is 64.7 Å². The smallest absolute Gasteiger partial charge is 0.317 e. The van der Waals surface area contributed by atoms with E-state index in [9.17, 15) is 9.18 Å². The molecule has 4 rings (SSSR count). The molecule has 166 valence electrons. The van der Waals surface area contributed by atoms with Crippen molar-refractivity contribution in [2.75, 3.05) is 27.2 Å². The number of hydrogen-bond acceptors (Lipinski definition) is 3. The van der Waals surface area contributed by atoms with Gasteiger partial charge in [-0.15, -0.1) is 0 Å². The van der Waals surface area contributed by atoms with E-state index in [1.807, 2.05) is 37.3 Å². The minimum atomic E-state index is -1.01. The maximum atomic E-state index is 14.9. The minimum Gasteiger partial charge on any atom is -0.493 e. The molecule has 0 radical (unpaired) electrons. The van der Waals surface area contributed by atoms with Crippen molar-refractivity contribution in [1.82, 2.24) is 15.1 Å². The monoisotopic (exact) mass is 425 g/mol. The third-order valence-electron chi connectivity index (χ3n) is 6.08. The summed E-state index contributed by atoms with van der Waals surface area (Å²) in [6.07, 6.45) is 1.49. The van der Waals surface area contributed by atoms with Crippen LogP contribution < -0.4 is 10.1 Å². The number of nitrogens with one attached hydrogen (secondary N) is 1. The Morgan fingerprint density at radius 1 is 1.23 bits per heavy atom. The highest BCUT2D eigenvalue weighted by Crippen LogP contribution is 2.34. The van der Waals surface area contributed by atoms with E-state index < -0.39 is 6.17 Å². The third-order valence-corrected chi connectivity index (χ3v) is 6.08. The molecular formula is C25H32FN3O2. The predicted octanol–water partition coefficient (Wildman–Crippen LogP) is 4.83. The largest absolute Gasteiger partial charge is 0.493 e. The first-order valence-electron chi connectivity index (χ1n) is 11.1. The fourth-order valence-corrected chi connectivity index (χ4v) is 3.92. The van der Waals surface area contributed by atoms with Crippen LogP contribution in [0, 0.1) is 5.92 Å². The average Bonchev–Trinajstić information content (AvgIpc) is 3.57. The van der Waals surface area contributed by atoms with Gasteiger partial charge in [0.15, 0.2) is 0 Å². The number of alkyl halides is 1. The molecule has 1 aliphatic carbocycles. The zero-order valence-corrected chi connectivity index (χ0v) is 18.6. The van der Waals surface area contributed by atoms with Gasteiger partial charge in [-0.3, -0.25) is 4.90 Å². The summed E-state index contributed by atoms with van der Waals surface area (Å²) in [6, 6.07) is 13.9. The van der Waals surface area contributed by atoms with E-state index in [-0.39, 0.29) is 12.1 Å². The Morgan fingerprint density at radius 2 is 1.97 bits per heavy atom. The molecule has 0 aromatic heterocycles. The molecule has 6 heteroatoms. The number of carbonyl (C=O) groups is 1. The Hall–Kier alpha value is -2.60. The third kappa shape index (κ3) is 5.56. The number of urea groups is 1. The van der Waals surface area contributed by atoms with E-state index in [1.54, 1.807) is 14.1 Å². The molecule has 2 amide bonds. The van der Waals surface area contributed by atoms with Crippen molar-refractivity contribution < 1.29 is 13.9 Å². The van der Waals surface area contributed by atoms with Gasteiger partial charge in [0, 0.05) is 33.7 Å². The molecule has 1 saturated carbocycles. The molecular weight excluding hydrogens is 393 g/mol. The predicted molar refractivity (Wildman–Crippen MR) is 120 cm³/mol. The van der Waals surface area contributed by atoms with Crippen LogP contribution in [0.5, 0.6) is 5.75 Å². The Labute approximate surface area is 184 Å². The molecule has 1 heterocycles. The second kappa shape index (κ2) is 9.27. The number of fused-ring (bicyclic) bond motifs is 1. The summed E-state index contributed by atoms with van der Waals surface area (Å²) < 4.78 is 20.8. The first kappa shape index (κ1) is 21.6. The minimum absolute atomic E-state index is 0.0719. The highest BCUT2D eigenvalue weighted by atomic mass is 19.1. The van der Waals surface area contributed by atoms with Crippen LogP contribution >= 0.6 is 0 Å². The molecule has 31 heavy (non-hydrogen) atoms. The summed E-state index contributed by atoms with van der Waals surface area (Å²) >= 11 is 0. The molecule has 1 N–H and O–H groups in total. The number of amides is 2. The van der Waals surface area contributed by atoms with Gasteiger partial charge in [0.05, 0.1) is 12.6 Å². The maximum Gasteiger partial charge on any atom is 0.317 e. The van der Waals surface area contributed by atoms with Gasteiger partial charge in [-0.25, -0.2) is 9.18 Å². The Balaban J connectivity index is 1.35. The summed E-state index contributed by atoms with van der Waals surface area (Å²) in [5.74, 6) is 1.47. The van der Waals surface area contributed by atoms with Gasteiger partial charge < -0.3 is 15.0 Å². The van der Waals surface area contributed by atoms with E-state index in [1.165, 1.54) is 17.7 Å². The van der Waals surface area contributed by atoms with Gasteiger partial charge in [-0.1, -0.05) is 30.3 Å². The molecule has 0 bridgehead atoms. The first-order chi connectivity index (χ1) is 14.9. The number of hydrogen-bond donors (Lipinski definition) is 1. The number of halogens is 1. The fraction of sp³-hybridized carbons (Fsp3) is 0.480. The highest BCUT2D eigenvalue weighted by molar-refractivity contribution is 5.74. The van der Waals surface area contributed by atoms with Crippen LogP contribution in [0.25, 0.3) is 0 Å². The molecule has 1 unspecified atom stereocenters. The van der Waals surface area contributed by atoms with Crippen LogP contribution in [0.15, 0.2) is 42.5 Å². The van der Waals surface area contributed by atoms with Crippen molar-refractivity contribution in [2.24, 2.45) is 5.92 Å². The second-order valence-corrected chi connectivity index (χ2v) is 9.06. The molecule has 0 saturated heterocycles. The quantitative estimate of drug-likeness (QED) is 0.691. The van der Waals surface area contributed by atoms with E-state index in [0.717, 1.165) is 41.2 Å². The molecule has 2 aromatic rings. The van der Waals surface area contributed by atoms with Gasteiger partial charge in [-0.2, -0.15) is 0 Å². The van der Waals surface area contributed by atoms with Crippen LogP contribution in [0.2, 0.25) is 0 Å². The number of ether oxygens (including phenoxy) is 1. The number of benzene rings is 2. The Bertz CT molecular complexity index is 911. The maximum absolute atomic E-state index is 14.9. The standard InChI is InChI=1S/C25H32FN3O2/c1-17(27-25(30)28(2)3)20-8-6-18(7-9-20)13-29-14-21-10-11-22(31-16-19-4-5-19)12-23(21)24(26)15-29/h6-12,17,19,24H,4-5,13-16H2,1-3H3,(H,27,30)/t17-,24?/m0/s1. The SMILES string of the molecule is C[C@H](NC(=O)N(C)C)c1ccc(CN2Cc3ccc(OCC4CC4)cc3C(F)C2)cc1.